The summed E-state index contributed by atoms with van der Waals surface area (Å²) in [5.41, 5.74) is 0.425. The molecule has 1 heterocycles. The maximum absolute atomic E-state index is 12.8. The van der Waals surface area contributed by atoms with Crippen LogP contribution < -0.4 is 0 Å². The summed E-state index contributed by atoms with van der Waals surface area (Å²) in [6.45, 7) is 9.49. The Morgan fingerprint density at radius 1 is 1.38 bits per heavy atom. The van der Waals surface area contributed by atoms with Crippen molar-refractivity contribution in [3.8, 4) is 0 Å². The maximum Gasteiger partial charge on any atom is 0.114 e. The molecule has 0 radical (unpaired) electrons. The number of hydrogen-bond acceptors (Lipinski definition) is 1. The third-order valence-electron chi connectivity index (χ3n) is 2.62. The highest BCUT2D eigenvalue weighted by Gasteiger charge is 2.21. The van der Waals surface area contributed by atoms with Crippen molar-refractivity contribution in [1.29, 1.82) is 0 Å². The van der Waals surface area contributed by atoms with Gasteiger partial charge in [-0.3, -0.25) is 0 Å². The van der Waals surface area contributed by atoms with Gasteiger partial charge in [0, 0.05) is 13.1 Å². The van der Waals surface area contributed by atoms with Crippen LogP contribution in [0, 0.1) is 5.41 Å². The summed E-state index contributed by atoms with van der Waals surface area (Å²) in [5, 5.41) is 0. The lowest BCUT2D eigenvalue weighted by Gasteiger charge is -2.20. The quantitative estimate of drug-likeness (QED) is 0.656. The van der Waals surface area contributed by atoms with Gasteiger partial charge in [-0.1, -0.05) is 20.8 Å². The van der Waals surface area contributed by atoms with Gasteiger partial charge in [0.25, 0.3) is 0 Å². The molecule has 0 aliphatic carbocycles. The lowest BCUT2D eigenvalue weighted by Crippen LogP contribution is -2.23. The number of nitrogens with zero attached hydrogens (tertiary/aromatic N) is 1. The second-order valence-corrected chi connectivity index (χ2v) is 5.35. The Morgan fingerprint density at radius 3 is 2.54 bits per heavy atom. The van der Waals surface area contributed by atoms with E-state index in [-0.39, 0.29) is 0 Å². The van der Waals surface area contributed by atoms with Crippen molar-refractivity contribution < 1.29 is 4.39 Å². The zero-order chi connectivity index (χ0) is 9.90. The summed E-state index contributed by atoms with van der Waals surface area (Å²) in [7, 11) is 0. The molecule has 0 aromatic rings. The van der Waals surface area contributed by atoms with E-state index in [0.717, 1.165) is 19.5 Å². The van der Waals surface area contributed by atoms with Crippen LogP contribution in [0.15, 0.2) is 0 Å². The minimum atomic E-state index is -0.561. The molecule has 0 aromatic heterocycles. The van der Waals surface area contributed by atoms with Crippen molar-refractivity contribution in [3.05, 3.63) is 0 Å². The first-order valence-electron chi connectivity index (χ1n) is 5.34. The van der Waals surface area contributed by atoms with E-state index in [1.54, 1.807) is 0 Å². The smallest absolute Gasteiger partial charge is 0.114 e. The monoisotopic (exact) mass is 187 g/mol. The van der Waals surface area contributed by atoms with Gasteiger partial charge in [-0.25, -0.2) is 4.39 Å². The standard InChI is InChI=1S/C11H22FN/c1-11(2,3)6-4-7-13-8-5-10(12)9-13/h10H,4-9H2,1-3H3/t10-/m0/s1. The van der Waals surface area contributed by atoms with Gasteiger partial charge >= 0.3 is 0 Å². The largest absolute Gasteiger partial charge is 0.300 e. The van der Waals surface area contributed by atoms with Crippen molar-refractivity contribution in [2.75, 3.05) is 19.6 Å². The van der Waals surface area contributed by atoms with Crippen LogP contribution in [0.4, 0.5) is 4.39 Å². The number of likely N-dealkylation sites (tertiary alicyclic amines) is 1. The van der Waals surface area contributed by atoms with E-state index < -0.39 is 6.17 Å². The van der Waals surface area contributed by atoms with E-state index in [0.29, 0.717) is 12.0 Å². The molecule has 13 heavy (non-hydrogen) atoms. The number of halogens is 1. The van der Waals surface area contributed by atoms with E-state index in [9.17, 15) is 4.39 Å². The topological polar surface area (TPSA) is 3.24 Å². The normalized spacial score (nSPS) is 25.4. The number of rotatable bonds is 3. The third-order valence-corrected chi connectivity index (χ3v) is 2.62. The highest BCUT2D eigenvalue weighted by Crippen LogP contribution is 2.21. The zero-order valence-electron chi connectivity index (χ0n) is 9.15. The molecule has 0 spiro atoms. The Labute approximate surface area is 81.3 Å². The second kappa shape index (κ2) is 4.41. The van der Waals surface area contributed by atoms with Crippen LogP contribution in [0.2, 0.25) is 0 Å². The highest BCUT2D eigenvalue weighted by atomic mass is 19.1. The molecule has 1 saturated heterocycles. The number of hydrogen-bond donors (Lipinski definition) is 0. The molecule has 1 rings (SSSR count). The van der Waals surface area contributed by atoms with E-state index in [4.69, 9.17) is 0 Å². The van der Waals surface area contributed by atoms with E-state index >= 15 is 0 Å². The SMILES string of the molecule is CC(C)(C)CCCN1CC[C@H](F)C1. The van der Waals surface area contributed by atoms with Gasteiger partial charge in [0.2, 0.25) is 0 Å². The summed E-state index contributed by atoms with van der Waals surface area (Å²) in [6.07, 6.45) is 2.63. The van der Waals surface area contributed by atoms with Gasteiger partial charge < -0.3 is 4.90 Å². The summed E-state index contributed by atoms with van der Waals surface area (Å²) in [6, 6.07) is 0. The molecule has 0 bridgehead atoms. The van der Waals surface area contributed by atoms with Crippen molar-refractivity contribution in [2.45, 2.75) is 46.2 Å². The fourth-order valence-corrected chi connectivity index (χ4v) is 1.82. The summed E-state index contributed by atoms with van der Waals surface area (Å²) in [5.74, 6) is 0. The van der Waals surface area contributed by atoms with Gasteiger partial charge in [-0.15, -0.1) is 0 Å². The Balaban J connectivity index is 2.07. The van der Waals surface area contributed by atoms with Crippen molar-refractivity contribution in [3.63, 3.8) is 0 Å². The van der Waals surface area contributed by atoms with Crippen LogP contribution in [0.5, 0.6) is 0 Å². The summed E-state index contributed by atoms with van der Waals surface area (Å²) in [4.78, 5) is 2.25. The second-order valence-electron chi connectivity index (χ2n) is 5.35. The molecule has 1 aliphatic rings. The minimum absolute atomic E-state index is 0.425. The van der Waals surface area contributed by atoms with Gasteiger partial charge in [-0.2, -0.15) is 0 Å². The molecule has 1 nitrogen and oxygen atoms in total. The van der Waals surface area contributed by atoms with Crippen LogP contribution in [0.1, 0.15) is 40.0 Å². The maximum atomic E-state index is 12.8. The average molecular weight is 187 g/mol. The third kappa shape index (κ3) is 4.61. The van der Waals surface area contributed by atoms with Crippen molar-refractivity contribution in [1.82, 2.24) is 4.90 Å². The summed E-state index contributed by atoms with van der Waals surface area (Å²) >= 11 is 0. The molecule has 0 aromatic carbocycles. The van der Waals surface area contributed by atoms with Crippen molar-refractivity contribution >= 4 is 0 Å². The fourth-order valence-electron chi connectivity index (χ4n) is 1.82. The molecule has 1 fully saturated rings. The van der Waals surface area contributed by atoms with E-state index in [1.807, 2.05) is 0 Å². The highest BCUT2D eigenvalue weighted by molar-refractivity contribution is 4.75. The van der Waals surface area contributed by atoms with E-state index in [2.05, 4.69) is 25.7 Å². The Bertz CT molecular complexity index is 151. The Kier molecular flexibility index (Phi) is 3.72. The molecule has 0 saturated carbocycles. The molecule has 1 aliphatic heterocycles. The molecule has 78 valence electrons. The molecule has 1 atom stereocenters. The molecule has 0 unspecified atom stereocenters. The van der Waals surface area contributed by atoms with Gasteiger partial charge in [-0.05, 0) is 31.2 Å². The predicted octanol–water partition coefficient (Wildman–Crippen LogP) is 2.86. The lowest BCUT2D eigenvalue weighted by atomic mass is 9.90. The molecule has 0 N–H and O–H groups in total. The zero-order valence-corrected chi connectivity index (χ0v) is 9.15. The molecule has 0 amide bonds. The van der Waals surface area contributed by atoms with Gasteiger partial charge in [0.05, 0.1) is 0 Å². The average Bonchev–Trinajstić information content (AvgIpc) is 2.33. The first kappa shape index (κ1) is 11.0. The Morgan fingerprint density at radius 2 is 2.08 bits per heavy atom. The molecular formula is C11H22FN. The fraction of sp³-hybridized carbons (Fsp3) is 1.00. The first-order chi connectivity index (χ1) is 5.97. The van der Waals surface area contributed by atoms with Crippen LogP contribution in [-0.4, -0.2) is 30.7 Å². The van der Waals surface area contributed by atoms with Crippen LogP contribution in [0.25, 0.3) is 0 Å². The van der Waals surface area contributed by atoms with Crippen LogP contribution in [0.3, 0.4) is 0 Å². The van der Waals surface area contributed by atoms with Crippen molar-refractivity contribution in [2.24, 2.45) is 5.41 Å². The van der Waals surface area contributed by atoms with Gasteiger partial charge in [0.1, 0.15) is 6.17 Å². The number of alkyl halides is 1. The van der Waals surface area contributed by atoms with E-state index in [1.165, 1.54) is 12.8 Å². The molecule has 2 heteroatoms. The minimum Gasteiger partial charge on any atom is -0.300 e. The summed E-state index contributed by atoms with van der Waals surface area (Å²) < 4.78 is 12.8. The predicted molar refractivity (Wildman–Crippen MR) is 54.6 cm³/mol. The van der Waals surface area contributed by atoms with Gasteiger partial charge in [0.15, 0.2) is 0 Å². The Hall–Kier alpha value is -0.110. The first-order valence-corrected chi connectivity index (χ1v) is 5.34. The lowest BCUT2D eigenvalue weighted by molar-refractivity contribution is 0.264. The van der Waals surface area contributed by atoms with Crippen LogP contribution in [-0.2, 0) is 0 Å². The molecular weight excluding hydrogens is 165 g/mol. The van der Waals surface area contributed by atoms with Crippen LogP contribution >= 0.6 is 0 Å².